The van der Waals surface area contributed by atoms with E-state index in [2.05, 4.69) is 5.32 Å². The van der Waals surface area contributed by atoms with Crippen molar-refractivity contribution in [1.82, 2.24) is 0 Å². The number of benzene rings is 1. The third kappa shape index (κ3) is 4.67. The lowest BCUT2D eigenvalue weighted by atomic mass is 10.1. The van der Waals surface area contributed by atoms with Crippen molar-refractivity contribution >= 4 is 34.2 Å². The van der Waals surface area contributed by atoms with Crippen LogP contribution >= 0.6 is 11.3 Å². The number of esters is 2. The van der Waals surface area contributed by atoms with Gasteiger partial charge in [0, 0.05) is 6.92 Å². The van der Waals surface area contributed by atoms with Crippen LogP contribution in [0.15, 0.2) is 30.3 Å². The number of carbonyl (C=O) groups excluding carboxylic acids is 3. The second kappa shape index (κ2) is 8.43. The Bertz CT molecular complexity index is 782. The number of ether oxygens (including phenoxy) is 2. The van der Waals surface area contributed by atoms with Gasteiger partial charge in [-0.25, -0.2) is 9.59 Å². The summed E-state index contributed by atoms with van der Waals surface area (Å²) in [6, 6.07) is 9.28. The molecule has 0 saturated heterocycles. The van der Waals surface area contributed by atoms with Crippen LogP contribution in [0.1, 0.15) is 45.0 Å². The highest BCUT2D eigenvalue weighted by molar-refractivity contribution is 7.18. The molecule has 0 aliphatic carbocycles. The standard InChI is InChI=1S/C18H19NO5S/c1-4-23-17(21)14-11(2)15(25-16(14)19-12(3)20)18(22)24-10-13-8-6-5-7-9-13/h5-9H,4,10H2,1-3H3,(H,19,20). The molecule has 2 rings (SSSR count). The monoisotopic (exact) mass is 361 g/mol. The van der Waals surface area contributed by atoms with E-state index in [1.807, 2.05) is 30.3 Å². The molecule has 1 aromatic carbocycles. The molecule has 0 fully saturated rings. The van der Waals surface area contributed by atoms with Gasteiger partial charge in [0.1, 0.15) is 16.5 Å². The summed E-state index contributed by atoms with van der Waals surface area (Å²) in [4.78, 5) is 36.2. The smallest absolute Gasteiger partial charge is 0.349 e. The Labute approximate surface area is 149 Å². The van der Waals surface area contributed by atoms with Crippen LogP contribution in [-0.2, 0) is 20.9 Å². The molecule has 0 aliphatic rings. The molecule has 1 aromatic heterocycles. The van der Waals surface area contributed by atoms with E-state index in [9.17, 15) is 14.4 Å². The molecule has 1 N–H and O–H groups in total. The predicted molar refractivity (Wildman–Crippen MR) is 94.9 cm³/mol. The fourth-order valence-corrected chi connectivity index (χ4v) is 3.33. The molecule has 0 unspecified atom stereocenters. The fraction of sp³-hybridized carbons (Fsp3) is 0.278. The molecule has 0 spiro atoms. The molecule has 25 heavy (non-hydrogen) atoms. The third-order valence-electron chi connectivity index (χ3n) is 3.31. The van der Waals surface area contributed by atoms with Gasteiger partial charge in [-0.05, 0) is 25.0 Å². The van der Waals surface area contributed by atoms with Crippen molar-refractivity contribution < 1.29 is 23.9 Å². The molecular formula is C18H19NO5S. The van der Waals surface area contributed by atoms with Crippen molar-refractivity contribution in [2.24, 2.45) is 0 Å². The normalized spacial score (nSPS) is 10.2. The molecule has 0 atom stereocenters. The second-order valence-electron chi connectivity index (χ2n) is 5.22. The van der Waals surface area contributed by atoms with Crippen molar-refractivity contribution in [3.8, 4) is 0 Å². The summed E-state index contributed by atoms with van der Waals surface area (Å²) in [5, 5.41) is 2.86. The van der Waals surface area contributed by atoms with Crippen LogP contribution < -0.4 is 5.32 Å². The topological polar surface area (TPSA) is 81.7 Å². The van der Waals surface area contributed by atoms with Crippen molar-refractivity contribution in [3.63, 3.8) is 0 Å². The van der Waals surface area contributed by atoms with Gasteiger partial charge in [-0.3, -0.25) is 4.79 Å². The Hall–Kier alpha value is -2.67. The maximum absolute atomic E-state index is 12.4. The van der Waals surface area contributed by atoms with E-state index < -0.39 is 11.9 Å². The van der Waals surface area contributed by atoms with E-state index >= 15 is 0 Å². The molecule has 0 saturated carbocycles. The van der Waals surface area contributed by atoms with E-state index in [4.69, 9.17) is 9.47 Å². The molecule has 0 aliphatic heterocycles. The lowest BCUT2D eigenvalue weighted by Gasteiger charge is -2.05. The van der Waals surface area contributed by atoms with Crippen LogP contribution in [0.3, 0.4) is 0 Å². The SMILES string of the molecule is CCOC(=O)c1c(NC(C)=O)sc(C(=O)OCc2ccccc2)c1C. The molecule has 1 heterocycles. The quantitative estimate of drug-likeness (QED) is 0.796. The van der Waals surface area contributed by atoms with Gasteiger partial charge in [-0.15, -0.1) is 11.3 Å². The first-order chi connectivity index (χ1) is 11.9. The van der Waals surface area contributed by atoms with Crippen molar-refractivity contribution in [3.05, 3.63) is 51.9 Å². The average molecular weight is 361 g/mol. The van der Waals surface area contributed by atoms with Gasteiger partial charge in [-0.1, -0.05) is 30.3 Å². The Kier molecular flexibility index (Phi) is 6.30. The first kappa shape index (κ1) is 18.7. The molecule has 2 aromatic rings. The molecular weight excluding hydrogens is 342 g/mol. The minimum atomic E-state index is -0.581. The highest BCUT2D eigenvalue weighted by Gasteiger charge is 2.26. The number of rotatable bonds is 6. The number of hydrogen-bond donors (Lipinski definition) is 1. The maximum atomic E-state index is 12.4. The minimum absolute atomic E-state index is 0.126. The largest absolute Gasteiger partial charge is 0.462 e. The Morgan fingerprint density at radius 2 is 1.76 bits per heavy atom. The second-order valence-corrected chi connectivity index (χ2v) is 6.24. The Morgan fingerprint density at radius 1 is 1.08 bits per heavy atom. The van der Waals surface area contributed by atoms with Crippen LogP contribution in [0.2, 0.25) is 0 Å². The van der Waals surface area contributed by atoms with E-state index in [-0.39, 0.29) is 34.6 Å². The highest BCUT2D eigenvalue weighted by Crippen LogP contribution is 2.34. The van der Waals surface area contributed by atoms with Gasteiger partial charge in [0.2, 0.25) is 5.91 Å². The van der Waals surface area contributed by atoms with E-state index in [1.165, 1.54) is 6.92 Å². The molecule has 1 amide bonds. The van der Waals surface area contributed by atoms with Gasteiger partial charge in [0.15, 0.2) is 0 Å². The summed E-state index contributed by atoms with van der Waals surface area (Å²) < 4.78 is 10.3. The van der Waals surface area contributed by atoms with Gasteiger partial charge >= 0.3 is 11.9 Å². The molecule has 0 radical (unpaired) electrons. The first-order valence-corrected chi connectivity index (χ1v) is 8.54. The molecule has 7 heteroatoms. The number of thiophene rings is 1. The summed E-state index contributed by atoms with van der Waals surface area (Å²) in [5.74, 6) is -1.47. The summed E-state index contributed by atoms with van der Waals surface area (Å²) in [7, 11) is 0. The lowest BCUT2D eigenvalue weighted by Crippen LogP contribution is -2.12. The number of amides is 1. The number of carbonyl (C=O) groups is 3. The summed E-state index contributed by atoms with van der Waals surface area (Å²) >= 11 is 1.00. The zero-order valence-corrected chi connectivity index (χ0v) is 15.1. The average Bonchev–Trinajstić information content (AvgIpc) is 2.89. The van der Waals surface area contributed by atoms with Crippen molar-refractivity contribution in [2.75, 3.05) is 11.9 Å². The zero-order chi connectivity index (χ0) is 18.4. The highest BCUT2D eigenvalue weighted by atomic mass is 32.1. The zero-order valence-electron chi connectivity index (χ0n) is 14.3. The van der Waals surface area contributed by atoms with Gasteiger partial charge < -0.3 is 14.8 Å². The van der Waals surface area contributed by atoms with Gasteiger partial charge in [-0.2, -0.15) is 0 Å². The summed E-state index contributed by atoms with van der Waals surface area (Å²) in [6.45, 7) is 4.97. The summed E-state index contributed by atoms with van der Waals surface area (Å²) in [6.07, 6.45) is 0. The molecule has 6 nitrogen and oxygen atoms in total. The van der Waals surface area contributed by atoms with E-state index in [1.54, 1.807) is 13.8 Å². The summed E-state index contributed by atoms with van der Waals surface area (Å²) in [5.41, 5.74) is 1.48. The Balaban J connectivity index is 2.25. The number of nitrogens with one attached hydrogen (secondary N) is 1. The van der Waals surface area contributed by atoms with Crippen molar-refractivity contribution in [2.45, 2.75) is 27.4 Å². The minimum Gasteiger partial charge on any atom is -0.462 e. The number of hydrogen-bond acceptors (Lipinski definition) is 6. The lowest BCUT2D eigenvalue weighted by molar-refractivity contribution is -0.114. The van der Waals surface area contributed by atoms with Crippen LogP contribution in [-0.4, -0.2) is 24.5 Å². The Morgan fingerprint density at radius 3 is 2.36 bits per heavy atom. The van der Waals surface area contributed by atoms with E-state index in [0.29, 0.717) is 5.56 Å². The number of anilines is 1. The van der Waals surface area contributed by atoms with Crippen LogP contribution in [0.4, 0.5) is 5.00 Å². The van der Waals surface area contributed by atoms with Gasteiger partial charge in [0.05, 0.1) is 12.2 Å². The van der Waals surface area contributed by atoms with Crippen LogP contribution in [0.25, 0.3) is 0 Å². The fourth-order valence-electron chi connectivity index (χ4n) is 2.19. The maximum Gasteiger partial charge on any atom is 0.349 e. The molecule has 0 bridgehead atoms. The first-order valence-electron chi connectivity index (χ1n) is 7.73. The predicted octanol–water partition coefficient (Wildman–Crippen LogP) is 3.55. The van der Waals surface area contributed by atoms with Crippen molar-refractivity contribution in [1.29, 1.82) is 0 Å². The third-order valence-corrected chi connectivity index (χ3v) is 4.50. The van der Waals surface area contributed by atoms with Crippen LogP contribution in [0.5, 0.6) is 0 Å². The van der Waals surface area contributed by atoms with Gasteiger partial charge in [0.25, 0.3) is 0 Å². The molecule has 132 valence electrons. The van der Waals surface area contributed by atoms with Crippen LogP contribution in [0, 0.1) is 6.92 Å². The van der Waals surface area contributed by atoms with E-state index in [0.717, 1.165) is 16.9 Å².